The van der Waals surface area contributed by atoms with Crippen LogP contribution in [0.25, 0.3) is 0 Å². The van der Waals surface area contributed by atoms with Gasteiger partial charge in [-0.05, 0) is 82.3 Å². The second-order valence-corrected chi connectivity index (χ2v) is 12.5. The summed E-state index contributed by atoms with van der Waals surface area (Å²) < 4.78 is 12.5. The molecular weight excluding hydrogens is 570 g/mol. The molecular formula is C36H45N3O6. The number of hydrogen-bond acceptors (Lipinski definition) is 6. The molecule has 1 N–H and O–H groups in total. The molecule has 3 aliphatic rings. The largest absolute Gasteiger partial charge is 0.494 e. The Labute approximate surface area is 266 Å². The number of benzene rings is 2. The van der Waals surface area contributed by atoms with Gasteiger partial charge in [0.05, 0.1) is 24.0 Å². The second-order valence-electron chi connectivity index (χ2n) is 12.5. The number of anilines is 2. The highest BCUT2D eigenvalue weighted by Crippen LogP contribution is 2.63. The van der Waals surface area contributed by atoms with Gasteiger partial charge in [0.15, 0.2) is 0 Å². The maximum atomic E-state index is 14.8. The number of nitrogens with zero attached hydrogens (tertiary/aromatic N) is 3. The van der Waals surface area contributed by atoms with Crippen molar-refractivity contribution in [3.8, 4) is 5.75 Å². The van der Waals surface area contributed by atoms with Crippen molar-refractivity contribution in [1.29, 1.82) is 0 Å². The van der Waals surface area contributed by atoms with Crippen molar-refractivity contribution in [1.82, 2.24) is 4.90 Å². The molecule has 2 aromatic carbocycles. The van der Waals surface area contributed by atoms with Crippen molar-refractivity contribution in [2.45, 2.75) is 64.2 Å². The minimum atomic E-state index is -1.19. The fraction of sp³-hybridized carbons (Fsp3) is 0.472. The number of likely N-dealkylation sites (tertiary alicyclic amines) is 1. The number of para-hydroxylation sites is 1. The van der Waals surface area contributed by atoms with Gasteiger partial charge >= 0.3 is 0 Å². The van der Waals surface area contributed by atoms with E-state index in [9.17, 15) is 19.5 Å². The van der Waals surface area contributed by atoms with Crippen LogP contribution in [-0.4, -0.2) is 77.8 Å². The van der Waals surface area contributed by atoms with Gasteiger partial charge in [0.1, 0.15) is 17.4 Å². The van der Waals surface area contributed by atoms with Gasteiger partial charge in [-0.25, -0.2) is 0 Å². The summed E-state index contributed by atoms with van der Waals surface area (Å²) in [7, 11) is 0. The minimum absolute atomic E-state index is 0.137. The van der Waals surface area contributed by atoms with Gasteiger partial charge in [0, 0.05) is 37.6 Å². The SMILES string of the molecule is C=CCN(C(=O)[C@H]1[C@H]2C(=O)N(CCCO)C(C(=O)N(CC=C)c3c(C)cccc3C)C23CC[C@]1(C)O3)c1ccc(OCC)cc1. The monoisotopic (exact) mass is 615 g/mol. The first-order chi connectivity index (χ1) is 21.6. The van der Waals surface area contributed by atoms with Crippen molar-refractivity contribution in [2.24, 2.45) is 11.8 Å². The van der Waals surface area contributed by atoms with E-state index in [1.54, 1.807) is 26.9 Å². The van der Waals surface area contributed by atoms with E-state index < -0.39 is 29.1 Å². The van der Waals surface area contributed by atoms with Crippen LogP contribution in [0.3, 0.4) is 0 Å². The predicted octanol–water partition coefficient (Wildman–Crippen LogP) is 4.59. The lowest BCUT2D eigenvalue weighted by atomic mass is 9.66. The van der Waals surface area contributed by atoms with E-state index >= 15 is 0 Å². The molecule has 1 spiro atoms. The summed E-state index contributed by atoms with van der Waals surface area (Å²) in [6.45, 7) is 16.6. The third-order valence-electron chi connectivity index (χ3n) is 9.66. The van der Waals surface area contributed by atoms with Gasteiger partial charge in [-0.3, -0.25) is 14.4 Å². The lowest BCUT2D eigenvalue weighted by Gasteiger charge is -2.37. The molecule has 3 heterocycles. The molecule has 2 aromatic rings. The molecule has 5 rings (SSSR count). The number of ether oxygens (including phenoxy) is 2. The summed E-state index contributed by atoms with van der Waals surface area (Å²) in [6.07, 6.45) is 4.64. The fourth-order valence-corrected chi connectivity index (χ4v) is 7.87. The van der Waals surface area contributed by atoms with E-state index in [0.717, 1.165) is 16.8 Å². The Morgan fingerprint density at radius 3 is 2.29 bits per heavy atom. The Bertz CT molecular complexity index is 1450. The van der Waals surface area contributed by atoms with Crippen molar-refractivity contribution >= 4 is 29.1 Å². The van der Waals surface area contributed by atoms with Crippen molar-refractivity contribution in [2.75, 3.05) is 42.6 Å². The highest BCUT2D eigenvalue weighted by Gasteiger charge is 2.78. The predicted molar refractivity (Wildman–Crippen MR) is 174 cm³/mol. The number of fused-ring (bicyclic) bond motifs is 1. The van der Waals surface area contributed by atoms with Crippen LogP contribution >= 0.6 is 0 Å². The zero-order chi connectivity index (χ0) is 32.5. The topological polar surface area (TPSA) is 99.6 Å². The summed E-state index contributed by atoms with van der Waals surface area (Å²) in [5, 5.41) is 9.75. The zero-order valence-electron chi connectivity index (χ0n) is 26.8. The molecule has 0 aromatic heterocycles. The average Bonchev–Trinajstić information content (AvgIpc) is 3.58. The molecule has 0 saturated carbocycles. The molecule has 3 fully saturated rings. The number of aryl methyl sites for hydroxylation is 2. The molecule has 0 radical (unpaired) electrons. The Hall–Kier alpha value is -3.95. The van der Waals surface area contributed by atoms with Crippen molar-refractivity contribution in [3.63, 3.8) is 0 Å². The van der Waals surface area contributed by atoms with Crippen LogP contribution in [0, 0.1) is 25.7 Å². The quantitative estimate of drug-likeness (QED) is 0.331. The molecule has 3 aliphatic heterocycles. The zero-order valence-corrected chi connectivity index (χ0v) is 26.8. The number of aliphatic hydroxyl groups is 1. The lowest BCUT2D eigenvalue weighted by Crippen LogP contribution is -2.57. The van der Waals surface area contributed by atoms with Crippen LogP contribution in [0.1, 0.15) is 44.2 Å². The van der Waals surface area contributed by atoms with Crippen LogP contribution in [0.2, 0.25) is 0 Å². The Kier molecular flexibility index (Phi) is 9.23. The normalized spacial score (nSPS) is 26.5. The number of hydrogen-bond donors (Lipinski definition) is 1. The molecule has 3 saturated heterocycles. The maximum Gasteiger partial charge on any atom is 0.253 e. The molecule has 5 atom stereocenters. The maximum absolute atomic E-state index is 14.8. The van der Waals surface area contributed by atoms with Gasteiger partial charge in [0.2, 0.25) is 11.8 Å². The standard InChI is InChI=1S/C36H45N3O6/c1-7-20-37(26-14-16-27(17-15-26)44-9-3)32(41)28-29-33(42)39(22-11-23-40)31(36(29)19-18-35(28,6)45-36)34(43)38(21-8-2)30-24(4)12-10-13-25(30)5/h7-8,10,12-17,28-29,31,40H,1-2,9,11,18-23H2,3-6H3/t28-,29+,31?,35+,36?/m1/s1. The molecule has 45 heavy (non-hydrogen) atoms. The van der Waals surface area contributed by atoms with E-state index in [-0.39, 0.29) is 44.0 Å². The first-order valence-electron chi connectivity index (χ1n) is 15.8. The second kappa shape index (κ2) is 12.8. The third kappa shape index (κ3) is 5.36. The van der Waals surface area contributed by atoms with Gasteiger partial charge < -0.3 is 29.3 Å². The van der Waals surface area contributed by atoms with Crippen LogP contribution in [0.4, 0.5) is 11.4 Å². The van der Waals surface area contributed by atoms with Gasteiger partial charge in [-0.1, -0.05) is 30.4 Å². The Morgan fingerprint density at radius 1 is 1.04 bits per heavy atom. The highest BCUT2D eigenvalue weighted by atomic mass is 16.5. The van der Waals surface area contributed by atoms with Crippen LogP contribution in [-0.2, 0) is 19.1 Å². The smallest absolute Gasteiger partial charge is 0.253 e. The van der Waals surface area contributed by atoms with E-state index in [0.29, 0.717) is 37.3 Å². The lowest BCUT2D eigenvalue weighted by molar-refractivity contribution is -0.144. The average molecular weight is 616 g/mol. The number of carbonyl (C=O) groups is 3. The van der Waals surface area contributed by atoms with E-state index in [1.165, 1.54) is 0 Å². The first-order valence-corrected chi connectivity index (χ1v) is 15.8. The summed E-state index contributed by atoms with van der Waals surface area (Å²) in [4.78, 5) is 48.8. The van der Waals surface area contributed by atoms with Gasteiger partial charge in [-0.2, -0.15) is 0 Å². The van der Waals surface area contributed by atoms with Crippen LogP contribution in [0.15, 0.2) is 67.8 Å². The number of aliphatic hydroxyl groups excluding tert-OH is 1. The van der Waals surface area contributed by atoms with Crippen LogP contribution in [0.5, 0.6) is 5.75 Å². The van der Waals surface area contributed by atoms with Gasteiger partial charge in [-0.15, -0.1) is 13.2 Å². The number of amides is 3. The first kappa shape index (κ1) is 32.4. The molecule has 2 bridgehead atoms. The molecule has 9 heteroatoms. The molecule has 0 aliphatic carbocycles. The number of rotatable bonds is 13. The van der Waals surface area contributed by atoms with E-state index in [4.69, 9.17) is 9.47 Å². The molecule has 240 valence electrons. The summed E-state index contributed by atoms with van der Waals surface area (Å²) in [5.74, 6) is -1.76. The Balaban J connectivity index is 1.58. The fourth-order valence-electron chi connectivity index (χ4n) is 7.87. The third-order valence-corrected chi connectivity index (χ3v) is 9.66. The number of carbonyl (C=O) groups excluding carboxylic acids is 3. The van der Waals surface area contributed by atoms with E-state index in [1.807, 2.05) is 70.2 Å². The van der Waals surface area contributed by atoms with Gasteiger partial charge in [0.25, 0.3) is 5.91 Å². The van der Waals surface area contributed by atoms with Crippen molar-refractivity contribution in [3.05, 3.63) is 78.9 Å². The molecule has 2 unspecified atom stereocenters. The van der Waals surface area contributed by atoms with Crippen LogP contribution < -0.4 is 14.5 Å². The minimum Gasteiger partial charge on any atom is -0.494 e. The molecule has 3 amide bonds. The molecule has 9 nitrogen and oxygen atoms in total. The Morgan fingerprint density at radius 2 is 1.69 bits per heavy atom. The van der Waals surface area contributed by atoms with Crippen molar-refractivity contribution < 1.29 is 29.0 Å². The summed E-state index contributed by atoms with van der Waals surface area (Å²) in [6, 6.07) is 12.2. The van der Waals surface area contributed by atoms with E-state index in [2.05, 4.69) is 13.2 Å². The summed E-state index contributed by atoms with van der Waals surface area (Å²) in [5.41, 5.74) is 1.16. The highest BCUT2D eigenvalue weighted by molar-refractivity contribution is 6.07. The summed E-state index contributed by atoms with van der Waals surface area (Å²) >= 11 is 0.